The van der Waals surface area contributed by atoms with Crippen LogP contribution >= 0.6 is 23.7 Å². The zero-order valence-corrected chi connectivity index (χ0v) is 12.2. The van der Waals surface area contributed by atoms with Crippen molar-refractivity contribution in [3.05, 3.63) is 41.0 Å². The first-order valence-corrected chi connectivity index (χ1v) is 6.59. The van der Waals surface area contributed by atoms with Crippen molar-refractivity contribution in [3.63, 3.8) is 0 Å². The zero-order valence-electron chi connectivity index (χ0n) is 10.6. The van der Waals surface area contributed by atoms with E-state index in [0.29, 0.717) is 18.8 Å². The number of halogens is 1. The number of hydrogen-bond donors (Lipinski definition) is 2. The van der Waals surface area contributed by atoms with Gasteiger partial charge in [-0.2, -0.15) is 0 Å². The minimum Gasteiger partial charge on any atom is -0.349 e. The monoisotopic (exact) mass is 297 g/mol. The molecule has 0 fully saturated rings. The molecule has 0 spiro atoms. The first kappa shape index (κ1) is 15.6. The molecule has 0 aliphatic carbocycles. The van der Waals surface area contributed by atoms with Crippen molar-refractivity contribution in [1.29, 1.82) is 0 Å². The first-order chi connectivity index (χ1) is 8.74. The minimum absolute atomic E-state index is 0. The van der Waals surface area contributed by atoms with Gasteiger partial charge in [0, 0.05) is 13.1 Å². The van der Waals surface area contributed by atoms with Gasteiger partial charge in [-0.05, 0) is 18.1 Å². The Bertz CT molecular complexity index is 556. The van der Waals surface area contributed by atoms with Gasteiger partial charge >= 0.3 is 0 Å². The van der Waals surface area contributed by atoms with E-state index in [-0.39, 0.29) is 18.3 Å². The molecule has 4 nitrogen and oxygen atoms in total. The Hall–Kier alpha value is -1.43. The number of thiazole rings is 1. The summed E-state index contributed by atoms with van der Waals surface area (Å²) in [5, 5.41) is 2.74. The highest BCUT2D eigenvalue weighted by Gasteiger charge is 2.16. The van der Waals surface area contributed by atoms with Crippen LogP contribution in [-0.4, -0.2) is 24.0 Å². The van der Waals surface area contributed by atoms with E-state index >= 15 is 0 Å². The SMILES string of the molecule is Cc1ccccc1-c1scnc1C(=O)NCCN.Cl. The number of carbonyl (C=O) groups is 1. The van der Waals surface area contributed by atoms with Gasteiger partial charge < -0.3 is 11.1 Å². The molecule has 0 saturated heterocycles. The summed E-state index contributed by atoms with van der Waals surface area (Å²) in [5.41, 5.74) is 9.73. The Kier molecular flexibility index (Phi) is 5.95. The molecule has 102 valence electrons. The highest BCUT2D eigenvalue weighted by Crippen LogP contribution is 2.30. The maximum Gasteiger partial charge on any atom is 0.271 e. The Morgan fingerprint density at radius 2 is 2.16 bits per heavy atom. The topological polar surface area (TPSA) is 68.0 Å². The van der Waals surface area contributed by atoms with Crippen LogP contribution in [0.25, 0.3) is 10.4 Å². The van der Waals surface area contributed by atoms with Gasteiger partial charge in [0.2, 0.25) is 0 Å². The highest BCUT2D eigenvalue weighted by molar-refractivity contribution is 7.13. The molecule has 0 saturated carbocycles. The number of carbonyl (C=O) groups excluding carboxylic acids is 1. The lowest BCUT2D eigenvalue weighted by Crippen LogP contribution is -2.29. The van der Waals surface area contributed by atoms with Crippen molar-refractivity contribution in [3.8, 4) is 10.4 Å². The number of nitrogens with two attached hydrogens (primary N) is 1. The molecule has 0 aliphatic rings. The van der Waals surface area contributed by atoms with Gasteiger partial charge in [0.1, 0.15) is 5.69 Å². The molecule has 0 bridgehead atoms. The Labute approximate surface area is 122 Å². The van der Waals surface area contributed by atoms with Crippen molar-refractivity contribution in [2.45, 2.75) is 6.92 Å². The van der Waals surface area contributed by atoms with Gasteiger partial charge in [0.25, 0.3) is 5.91 Å². The summed E-state index contributed by atoms with van der Waals surface area (Å²) in [6, 6.07) is 7.97. The number of nitrogens with zero attached hydrogens (tertiary/aromatic N) is 1. The van der Waals surface area contributed by atoms with Gasteiger partial charge in [-0.1, -0.05) is 24.3 Å². The second kappa shape index (κ2) is 7.23. The quantitative estimate of drug-likeness (QED) is 0.909. The molecule has 19 heavy (non-hydrogen) atoms. The maximum atomic E-state index is 11.9. The van der Waals surface area contributed by atoms with Gasteiger partial charge in [-0.25, -0.2) is 4.98 Å². The van der Waals surface area contributed by atoms with Crippen molar-refractivity contribution in [1.82, 2.24) is 10.3 Å². The van der Waals surface area contributed by atoms with Crippen LogP contribution in [0.3, 0.4) is 0 Å². The van der Waals surface area contributed by atoms with E-state index in [1.165, 1.54) is 11.3 Å². The first-order valence-electron chi connectivity index (χ1n) is 5.71. The minimum atomic E-state index is -0.167. The largest absolute Gasteiger partial charge is 0.349 e. The average Bonchev–Trinajstić information content (AvgIpc) is 2.85. The molecule has 1 amide bonds. The smallest absolute Gasteiger partial charge is 0.271 e. The summed E-state index contributed by atoms with van der Waals surface area (Å²) >= 11 is 1.48. The molecule has 6 heteroatoms. The van der Waals surface area contributed by atoms with Crippen LogP contribution in [0, 0.1) is 6.92 Å². The number of benzene rings is 1. The lowest BCUT2D eigenvalue weighted by molar-refractivity contribution is 0.0951. The number of aromatic nitrogens is 1. The summed E-state index contributed by atoms with van der Waals surface area (Å²) < 4.78 is 0. The number of nitrogens with one attached hydrogen (secondary N) is 1. The normalized spacial score (nSPS) is 9.79. The zero-order chi connectivity index (χ0) is 13.0. The van der Waals surface area contributed by atoms with Crippen molar-refractivity contribution < 1.29 is 4.79 Å². The molecule has 2 aromatic rings. The summed E-state index contributed by atoms with van der Waals surface area (Å²) in [7, 11) is 0. The fourth-order valence-corrected chi connectivity index (χ4v) is 2.57. The molecule has 1 aromatic carbocycles. The predicted molar refractivity (Wildman–Crippen MR) is 80.9 cm³/mol. The van der Waals surface area contributed by atoms with Crippen LogP contribution in [0.15, 0.2) is 29.8 Å². The highest BCUT2D eigenvalue weighted by atomic mass is 35.5. The number of rotatable bonds is 4. The second-order valence-electron chi connectivity index (χ2n) is 3.89. The van der Waals surface area contributed by atoms with Gasteiger partial charge in [-0.15, -0.1) is 23.7 Å². The maximum absolute atomic E-state index is 11.9. The molecular weight excluding hydrogens is 282 g/mol. The number of amides is 1. The van der Waals surface area contributed by atoms with E-state index < -0.39 is 0 Å². The molecule has 1 heterocycles. The lowest BCUT2D eigenvalue weighted by atomic mass is 10.1. The lowest BCUT2D eigenvalue weighted by Gasteiger charge is -2.06. The number of hydrogen-bond acceptors (Lipinski definition) is 4. The van der Waals surface area contributed by atoms with Crippen LogP contribution in [0.4, 0.5) is 0 Å². The van der Waals surface area contributed by atoms with Gasteiger partial charge in [0.15, 0.2) is 0 Å². The van der Waals surface area contributed by atoms with Crippen molar-refractivity contribution in [2.75, 3.05) is 13.1 Å². The van der Waals surface area contributed by atoms with Crippen LogP contribution in [0.2, 0.25) is 0 Å². The molecule has 0 aliphatic heterocycles. The molecule has 0 radical (unpaired) electrons. The predicted octanol–water partition coefficient (Wildman–Crippen LogP) is 2.23. The fraction of sp³-hybridized carbons (Fsp3) is 0.231. The summed E-state index contributed by atoms with van der Waals surface area (Å²) in [4.78, 5) is 17.0. The third kappa shape index (κ3) is 3.53. The van der Waals surface area contributed by atoms with E-state index in [9.17, 15) is 4.79 Å². The Morgan fingerprint density at radius 1 is 1.42 bits per heavy atom. The van der Waals surface area contributed by atoms with Crippen LogP contribution in [-0.2, 0) is 0 Å². The summed E-state index contributed by atoms with van der Waals surface area (Å²) in [6.45, 7) is 2.91. The standard InChI is InChI=1S/C13H15N3OS.ClH/c1-9-4-2-3-5-10(9)12-11(16-8-18-12)13(17)15-7-6-14;/h2-5,8H,6-7,14H2,1H3,(H,15,17);1H. The second-order valence-corrected chi connectivity index (χ2v) is 4.74. The van der Waals surface area contributed by atoms with E-state index in [1.807, 2.05) is 31.2 Å². The molecule has 0 unspecified atom stereocenters. The van der Waals surface area contributed by atoms with Gasteiger partial charge in [-0.3, -0.25) is 4.79 Å². The third-order valence-electron chi connectivity index (χ3n) is 2.60. The van der Waals surface area contributed by atoms with Crippen LogP contribution < -0.4 is 11.1 Å². The van der Waals surface area contributed by atoms with E-state index in [1.54, 1.807) is 5.51 Å². The molecule has 1 aromatic heterocycles. The van der Waals surface area contributed by atoms with E-state index in [0.717, 1.165) is 16.0 Å². The van der Waals surface area contributed by atoms with E-state index in [2.05, 4.69) is 10.3 Å². The summed E-state index contributed by atoms with van der Waals surface area (Å²) in [6.07, 6.45) is 0. The Morgan fingerprint density at radius 3 is 2.84 bits per heavy atom. The Balaban J connectivity index is 0.00000180. The van der Waals surface area contributed by atoms with Crippen LogP contribution in [0.5, 0.6) is 0 Å². The van der Waals surface area contributed by atoms with Crippen LogP contribution in [0.1, 0.15) is 16.1 Å². The molecule has 2 rings (SSSR count). The fourth-order valence-electron chi connectivity index (χ4n) is 1.70. The number of aryl methyl sites for hydroxylation is 1. The summed E-state index contributed by atoms with van der Waals surface area (Å²) in [5.74, 6) is -0.167. The molecular formula is C13H16ClN3OS. The molecule has 0 atom stereocenters. The molecule has 3 N–H and O–H groups in total. The van der Waals surface area contributed by atoms with E-state index in [4.69, 9.17) is 5.73 Å². The third-order valence-corrected chi connectivity index (χ3v) is 3.46. The van der Waals surface area contributed by atoms with Crippen molar-refractivity contribution in [2.24, 2.45) is 5.73 Å². The van der Waals surface area contributed by atoms with Crippen molar-refractivity contribution >= 4 is 29.7 Å². The van der Waals surface area contributed by atoms with Gasteiger partial charge in [0.05, 0.1) is 10.4 Å². The average molecular weight is 298 g/mol.